The highest BCUT2D eigenvalue weighted by Crippen LogP contribution is 2.32. The molecule has 0 aliphatic carbocycles. The molecule has 4 nitrogen and oxygen atoms in total. The van der Waals surface area contributed by atoms with Gasteiger partial charge < -0.3 is 9.80 Å². The van der Waals surface area contributed by atoms with Gasteiger partial charge in [0.05, 0.1) is 5.92 Å². The molecule has 1 saturated heterocycles. The molecule has 1 aliphatic heterocycles. The second-order valence-electron chi connectivity index (χ2n) is 5.54. The van der Waals surface area contributed by atoms with Crippen LogP contribution in [0.3, 0.4) is 0 Å². The summed E-state index contributed by atoms with van der Waals surface area (Å²) in [6.07, 6.45) is 0.786. The van der Waals surface area contributed by atoms with Crippen LogP contribution in [0.15, 0.2) is 18.2 Å². The highest BCUT2D eigenvalue weighted by molar-refractivity contribution is 6.36. The second-order valence-corrected chi connectivity index (χ2v) is 6.36. The topological polar surface area (TPSA) is 40.6 Å². The quantitative estimate of drug-likeness (QED) is 0.828. The van der Waals surface area contributed by atoms with Crippen molar-refractivity contribution in [2.75, 3.05) is 26.2 Å². The van der Waals surface area contributed by atoms with Gasteiger partial charge >= 0.3 is 0 Å². The van der Waals surface area contributed by atoms with E-state index in [1.165, 1.54) is 0 Å². The Morgan fingerprint density at radius 3 is 2.18 bits per heavy atom. The molecule has 0 bridgehead atoms. The zero-order valence-corrected chi connectivity index (χ0v) is 14.3. The minimum Gasteiger partial charge on any atom is -0.341 e. The van der Waals surface area contributed by atoms with Crippen molar-refractivity contribution >= 4 is 35.0 Å². The van der Waals surface area contributed by atoms with Crippen LogP contribution >= 0.6 is 23.2 Å². The molecule has 22 heavy (non-hydrogen) atoms. The van der Waals surface area contributed by atoms with E-state index in [-0.39, 0.29) is 11.8 Å². The maximum atomic E-state index is 12.7. The summed E-state index contributed by atoms with van der Waals surface area (Å²) >= 11 is 12.4. The lowest BCUT2D eigenvalue weighted by atomic mass is 9.99. The monoisotopic (exact) mass is 342 g/mol. The molecule has 2 amide bonds. The molecule has 6 heteroatoms. The molecule has 0 aromatic heterocycles. The zero-order chi connectivity index (χ0) is 16.3. The number of carbonyl (C=O) groups excluding carboxylic acids is 2. The van der Waals surface area contributed by atoms with Crippen LogP contribution in [-0.2, 0) is 9.59 Å². The Hall–Kier alpha value is -1.26. The number of hydrogen-bond donors (Lipinski definition) is 0. The maximum absolute atomic E-state index is 12.7. The highest BCUT2D eigenvalue weighted by atomic mass is 35.5. The van der Waals surface area contributed by atoms with Gasteiger partial charge in [0.1, 0.15) is 0 Å². The average Bonchev–Trinajstić information content (AvgIpc) is 2.72. The van der Waals surface area contributed by atoms with Gasteiger partial charge in [-0.25, -0.2) is 0 Å². The third-order valence-electron chi connectivity index (χ3n) is 4.06. The van der Waals surface area contributed by atoms with Crippen LogP contribution in [0.4, 0.5) is 0 Å². The Morgan fingerprint density at radius 1 is 1.05 bits per heavy atom. The summed E-state index contributed by atoms with van der Waals surface area (Å²) in [4.78, 5) is 27.8. The molecule has 1 aromatic carbocycles. The van der Waals surface area contributed by atoms with E-state index in [9.17, 15) is 9.59 Å². The van der Waals surface area contributed by atoms with Gasteiger partial charge in [-0.3, -0.25) is 9.59 Å². The number of halogens is 2. The van der Waals surface area contributed by atoms with Crippen molar-refractivity contribution in [3.8, 4) is 0 Å². The molecule has 0 N–H and O–H groups in total. The molecule has 1 aromatic rings. The first-order valence-electron chi connectivity index (χ1n) is 7.40. The van der Waals surface area contributed by atoms with Crippen molar-refractivity contribution in [1.29, 1.82) is 0 Å². The Bertz CT molecular complexity index is 557. The van der Waals surface area contributed by atoms with Crippen LogP contribution < -0.4 is 0 Å². The van der Waals surface area contributed by atoms with Crippen LogP contribution in [0.25, 0.3) is 0 Å². The van der Waals surface area contributed by atoms with Crippen molar-refractivity contribution in [3.63, 3.8) is 0 Å². The molecule has 1 aliphatic rings. The van der Waals surface area contributed by atoms with E-state index in [1.54, 1.807) is 34.9 Å². The van der Waals surface area contributed by atoms with Gasteiger partial charge in [-0.15, -0.1) is 0 Å². The molecule has 0 unspecified atom stereocenters. The molecular weight excluding hydrogens is 323 g/mol. The molecule has 1 fully saturated rings. The van der Waals surface area contributed by atoms with Gasteiger partial charge in [-0.05, 0) is 25.5 Å². The summed E-state index contributed by atoms with van der Waals surface area (Å²) in [6.45, 7) is 5.84. The molecule has 1 atom stereocenters. The number of amides is 2. The van der Waals surface area contributed by atoms with Crippen LogP contribution in [0.5, 0.6) is 0 Å². The van der Waals surface area contributed by atoms with Gasteiger partial charge in [-0.1, -0.05) is 29.3 Å². The molecule has 120 valence electrons. The van der Waals surface area contributed by atoms with Gasteiger partial charge in [0.25, 0.3) is 0 Å². The van der Waals surface area contributed by atoms with E-state index >= 15 is 0 Å². The first-order chi connectivity index (χ1) is 10.4. The second kappa shape index (κ2) is 7.34. The molecular formula is C16H20Cl2N2O2. The highest BCUT2D eigenvalue weighted by Gasteiger charge is 2.27. The Morgan fingerprint density at radius 2 is 1.59 bits per heavy atom. The SMILES string of the molecule is CC(=O)N1CCCN(C(=O)[C@@H](C)c2c(Cl)cccc2Cl)CC1. The van der Waals surface area contributed by atoms with E-state index < -0.39 is 5.92 Å². The minimum atomic E-state index is -0.398. The first-order valence-corrected chi connectivity index (χ1v) is 8.15. The summed E-state index contributed by atoms with van der Waals surface area (Å²) in [6, 6.07) is 5.25. The van der Waals surface area contributed by atoms with Crippen molar-refractivity contribution in [2.24, 2.45) is 0 Å². The van der Waals surface area contributed by atoms with E-state index in [0.29, 0.717) is 41.8 Å². The zero-order valence-electron chi connectivity index (χ0n) is 12.8. The van der Waals surface area contributed by atoms with Crippen molar-refractivity contribution in [1.82, 2.24) is 9.80 Å². The fourth-order valence-electron chi connectivity index (χ4n) is 2.77. The van der Waals surface area contributed by atoms with Gasteiger partial charge in [0.2, 0.25) is 11.8 Å². The third-order valence-corrected chi connectivity index (χ3v) is 4.72. The fourth-order valence-corrected chi connectivity index (χ4v) is 3.50. The van der Waals surface area contributed by atoms with E-state index in [4.69, 9.17) is 23.2 Å². The molecule has 0 radical (unpaired) electrons. The maximum Gasteiger partial charge on any atom is 0.230 e. The molecule has 0 spiro atoms. The Balaban J connectivity index is 2.12. The van der Waals surface area contributed by atoms with Crippen LogP contribution in [0, 0.1) is 0 Å². The average molecular weight is 343 g/mol. The number of benzene rings is 1. The van der Waals surface area contributed by atoms with Gasteiger partial charge in [-0.2, -0.15) is 0 Å². The van der Waals surface area contributed by atoms with Crippen LogP contribution in [-0.4, -0.2) is 47.8 Å². The Labute approximate surface area is 141 Å². The van der Waals surface area contributed by atoms with Crippen molar-refractivity contribution in [3.05, 3.63) is 33.8 Å². The molecule has 0 saturated carbocycles. The third kappa shape index (κ3) is 3.73. The van der Waals surface area contributed by atoms with Gasteiger partial charge in [0, 0.05) is 48.7 Å². The summed E-state index contributed by atoms with van der Waals surface area (Å²) in [7, 11) is 0. The Kier molecular flexibility index (Phi) is 5.70. The normalized spacial score (nSPS) is 17.1. The predicted molar refractivity (Wildman–Crippen MR) is 88.3 cm³/mol. The first kappa shape index (κ1) is 17.1. The summed E-state index contributed by atoms with van der Waals surface area (Å²) in [5.41, 5.74) is 0.670. The largest absolute Gasteiger partial charge is 0.341 e. The van der Waals surface area contributed by atoms with Crippen molar-refractivity contribution < 1.29 is 9.59 Å². The van der Waals surface area contributed by atoms with E-state index in [0.717, 1.165) is 6.42 Å². The predicted octanol–water partition coefficient (Wildman–Crippen LogP) is 3.18. The lowest BCUT2D eigenvalue weighted by molar-refractivity contribution is -0.133. The lowest BCUT2D eigenvalue weighted by Gasteiger charge is -2.25. The van der Waals surface area contributed by atoms with E-state index in [1.807, 2.05) is 6.92 Å². The van der Waals surface area contributed by atoms with Crippen LogP contribution in [0.2, 0.25) is 10.0 Å². The fraction of sp³-hybridized carbons (Fsp3) is 0.500. The lowest BCUT2D eigenvalue weighted by Crippen LogP contribution is -2.38. The smallest absolute Gasteiger partial charge is 0.230 e. The minimum absolute atomic E-state index is 0.000372. The van der Waals surface area contributed by atoms with Gasteiger partial charge in [0.15, 0.2) is 0 Å². The number of carbonyl (C=O) groups is 2. The van der Waals surface area contributed by atoms with Crippen molar-refractivity contribution in [2.45, 2.75) is 26.2 Å². The summed E-state index contributed by atoms with van der Waals surface area (Å²) < 4.78 is 0. The van der Waals surface area contributed by atoms with Crippen LogP contribution in [0.1, 0.15) is 31.7 Å². The number of rotatable bonds is 2. The molecule has 1 heterocycles. The number of hydrogen-bond acceptors (Lipinski definition) is 2. The molecule has 2 rings (SSSR count). The number of nitrogens with zero attached hydrogens (tertiary/aromatic N) is 2. The summed E-state index contributed by atoms with van der Waals surface area (Å²) in [5, 5.41) is 1.02. The van der Waals surface area contributed by atoms with E-state index in [2.05, 4.69) is 0 Å². The summed E-state index contributed by atoms with van der Waals surface area (Å²) in [5.74, 6) is -0.345. The standard InChI is InChI=1S/C16H20Cl2N2O2/c1-11(15-13(17)5-3-6-14(15)18)16(22)20-8-4-7-19(9-10-20)12(2)21/h3,5-6,11H,4,7-10H2,1-2H3/t11-/m0/s1.